The van der Waals surface area contributed by atoms with Gasteiger partial charge in [-0.05, 0) is 36.8 Å². The second-order valence-electron chi connectivity index (χ2n) is 5.57. The summed E-state index contributed by atoms with van der Waals surface area (Å²) < 4.78 is 1.56. The van der Waals surface area contributed by atoms with E-state index in [4.69, 9.17) is 23.2 Å². The van der Waals surface area contributed by atoms with Gasteiger partial charge in [0, 0.05) is 17.8 Å². The van der Waals surface area contributed by atoms with Crippen LogP contribution in [0.25, 0.3) is 5.52 Å². The molecule has 0 unspecified atom stereocenters. The summed E-state index contributed by atoms with van der Waals surface area (Å²) in [6.45, 7) is 2.49. The summed E-state index contributed by atoms with van der Waals surface area (Å²) in [5, 5.41) is 6.25. The van der Waals surface area contributed by atoms with Gasteiger partial charge in [-0.25, -0.2) is 4.98 Å². The van der Waals surface area contributed by atoms with E-state index in [0.717, 1.165) is 6.42 Å². The molecule has 0 aliphatic rings. The van der Waals surface area contributed by atoms with Crippen molar-refractivity contribution in [1.82, 2.24) is 14.7 Å². The molecule has 134 valence electrons. The number of anilines is 1. The second kappa shape index (κ2) is 7.76. The number of halogens is 2. The SMILES string of the molecule is CCCNC(=O)c1nc(C(=O)Nc2cc(Cl)ccc2Cl)n2ccccc12. The van der Waals surface area contributed by atoms with Crippen LogP contribution in [0.3, 0.4) is 0 Å². The zero-order valence-corrected chi connectivity index (χ0v) is 15.4. The molecule has 0 aliphatic carbocycles. The van der Waals surface area contributed by atoms with Crippen molar-refractivity contribution in [3.05, 3.63) is 64.2 Å². The third kappa shape index (κ3) is 3.66. The van der Waals surface area contributed by atoms with Gasteiger partial charge in [0.15, 0.2) is 5.69 Å². The van der Waals surface area contributed by atoms with E-state index in [-0.39, 0.29) is 17.4 Å². The minimum absolute atomic E-state index is 0.0818. The molecule has 0 bridgehead atoms. The van der Waals surface area contributed by atoms with Crippen LogP contribution in [0.15, 0.2) is 42.6 Å². The van der Waals surface area contributed by atoms with Gasteiger partial charge in [-0.1, -0.05) is 36.2 Å². The number of aromatic nitrogens is 2. The standard InChI is InChI=1S/C18H16Cl2N4O2/c1-2-8-21-17(25)15-14-5-3-4-9-24(14)16(23-15)18(26)22-13-10-11(19)6-7-12(13)20/h3-7,9-10H,2,8H2,1H3,(H,21,25)(H,22,26). The molecule has 0 atom stereocenters. The molecule has 2 aromatic heterocycles. The Bertz CT molecular complexity index is 984. The molecule has 0 aliphatic heterocycles. The quantitative estimate of drug-likeness (QED) is 0.690. The molecule has 0 fully saturated rings. The van der Waals surface area contributed by atoms with Crippen molar-refractivity contribution in [3.63, 3.8) is 0 Å². The van der Waals surface area contributed by atoms with Crippen molar-refractivity contribution in [3.8, 4) is 0 Å². The zero-order valence-electron chi connectivity index (χ0n) is 13.9. The first kappa shape index (κ1) is 18.2. The van der Waals surface area contributed by atoms with Crippen molar-refractivity contribution in [2.24, 2.45) is 0 Å². The molecular formula is C18H16Cl2N4O2. The number of rotatable bonds is 5. The smallest absolute Gasteiger partial charge is 0.292 e. The summed E-state index contributed by atoms with van der Waals surface area (Å²) in [6, 6.07) is 10.0. The summed E-state index contributed by atoms with van der Waals surface area (Å²) in [7, 11) is 0. The van der Waals surface area contributed by atoms with Gasteiger partial charge < -0.3 is 10.6 Å². The van der Waals surface area contributed by atoms with Crippen LogP contribution in [0.5, 0.6) is 0 Å². The topological polar surface area (TPSA) is 75.5 Å². The molecule has 0 saturated heterocycles. The Morgan fingerprint density at radius 3 is 2.73 bits per heavy atom. The van der Waals surface area contributed by atoms with Crippen LogP contribution in [-0.4, -0.2) is 27.7 Å². The molecule has 0 spiro atoms. The summed E-state index contributed by atoms with van der Waals surface area (Å²) >= 11 is 12.0. The lowest BCUT2D eigenvalue weighted by Crippen LogP contribution is -2.24. The molecule has 1 aromatic carbocycles. The molecule has 26 heavy (non-hydrogen) atoms. The average Bonchev–Trinajstić information content (AvgIpc) is 3.02. The normalized spacial score (nSPS) is 10.7. The number of nitrogens with zero attached hydrogens (tertiary/aromatic N) is 2. The number of nitrogens with one attached hydrogen (secondary N) is 2. The summed E-state index contributed by atoms with van der Waals surface area (Å²) in [5.41, 5.74) is 1.11. The molecule has 3 aromatic rings. The van der Waals surface area contributed by atoms with Gasteiger partial charge in [-0.3, -0.25) is 14.0 Å². The van der Waals surface area contributed by atoms with Crippen LogP contribution in [0.1, 0.15) is 34.5 Å². The predicted octanol–water partition coefficient (Wildman–Crippen LogP) is 4.03. The van der Waals surface area contributed by atoms with Gasteiger partial charge in [-0.2, -0.15) is 0 Å². The van der Waals surface area contributed by atoms with E-state index in [2.05, 4.69) is 15.6 Å². The second-order valence-corrected chi connectivity index (χ2v) is 6.42. The van der Waals surface area contributed by atoms with Gasteiger partial charge in [0.2, 0.25) is 5.82 Å². The third-order valence-electron chi connectivity index (χ3n) is 3.68. The number of amides is 2. The number of carbonyl (C=O) groups excluding carboxylic acids is 2. The molecule has 2 amide bonds. The van der Waals surface area contributed by atoms with Crippen molar-refractivity contribution in [2.45, 2.75) is 13.3 Å². The van der Waals surface area contributed by atoms with Crippen LogP contribution >= 0.6 is 23.2 Å². The van der Waals surface area contributed by atoms with Crippen LogP contribution in [-0.2, 0) is 0 Å². The van der Waals surface area contributed by atoms with Gasteiger partial charge in [-0.15, -0.1) is 0 Å². The third-order valence-corrected chi connectivity index (χ3v) is 4.24. The zero-order chi connectivity index (χ0) is 18.7. The fourth-order valence-corrected chi connectivity index (χ4v) is 2.80. The van der Waals surface area contributed by atoms with Gasteiger partial charge in [0.1, 0.15) is 0 Å². The Morgan fingerprint density at radius 1 is 1.15 bits per heavy atom. The largest absolute Gasteiger partial charge is 0.351 e. The Hall–Kier alpha value is -2.57. The lowest BCUT2D eigenvalue weighted by molar-refractivity contribution is 0.0951. The van der Waals surface area contributed by atoms with Crippen LogP contribution < -0.4 is 10.6 Å². The van der Waals surface area contributed by atoms with Crippen molar-refractivity contribution < 1.29 is 9.59 Å². The fourth-order valence-electron chi connectivity index (χ4n) is 2.46. The van der Waals surface area contributed by atoms with Gasteiger partial charge in [0.25, 0.3) is 11.8 Å². The van der Waals surface area contributed by atoms with Crippen LogP contribution in [0.4, 0.5) is 5.69 Å². The number of pyridine rings is 1. The van der Waals surface area contributed by atoms with Crippen molar-refractivity contribution in [1.29, 1.82) is 0 Å². The first-order valence-electron chi connectivity index (χ1n) is 8.03. The maximum absolute atomic E-state index is 12.7. The molecule has 8 heteroatoms. The number of hydrogen-bond donors (Lipinski definition) is 2. The molecule has 0 saturated carbocycles. The van der Waals surface area contributed by atoms with E-state index < -0.39 is 5.91 Å². The minimum atomic E-state index is -0.495. The highest BCUT2D eigenvalue weighted by molar-refractivity contribution is 6.35. The lowest BCUT2D eigenvalue weighted by atomic mass is 10.3. The molecule has 6 nitrogen and oxygen atoms in total. The fraction of sp³-hybridized carbons (Fsp3) is 0.167. The summed E-state index contributed by atoms with van der Waals surface area (Å²) in [5.74, 6) is -0.737. The van der Waals surface area contributed by atoms with E-state index in [1.54, 1.807) is 47.0 Å². The molecule has 2 heterocycles. The minimum Gasteiger partial charge on any atom is -0.351 e. The van der Waals surface area contributed by atoms with Crippen molar-refractivity contribution in [2.75, 3.05) is 11.9 Å². The Balaban J connectivity index is 1.98. The van der Waals surface area contributed by atoms with Gasteiger partial charge >= 0.3 is 0 Å². The Morgan fingerprint density at radius 2 is 1.96 bits per heavy atom. The summed E-state index contributed by atoms with van der Waals surface area (Å²) in [4.78, 5) is 29.3. The first-order chi connectivity index (χ1) is 12.5. The number of fused-ring (bicyclic) bond motifs is 1. The van der Waals surface area contributed by atoms with E-state index in [9.17, 15) is 9.59 Å². The van der Waals surface area contributed by atoms with Gasteiger partial charge in [0.05, 0.1) is 16.2 Å². The Labute approximate surface area is 160 Å². The Kier molecular flexibility index (Phi) is 5.44. The van der Waals surface area contributed by atoms with E-state index in [0.29, 0.717) is 27.8 Å². The predicted molar refractivity (Wildman–Crippen MR) is 102 cm³/mol. The van der Waals surface area contributed by atoms with E-state index in [1.165, 1.54) is 0 Å². The van der Waals surface area contributed by atoms with E-state index >= 15 is 0 Å². The highest BCUT2D eigenvalue weighted by atomic mass is 35.5. The van der Waals surface area contributed by atoms with E-state index in [1.807, 2.05) is 6.92 Å². The number of imidazole rings is 1. The van der Waals surface area contributed by atoms with Crippen LogP contribution in [0, 0.1) is 0 Å². The van der Waals surface area contributed by atoms with Crippen molar-refractivity contribution >= 4 is 46.2 Å². The molecular weight excluding hydrogens is 375 g/mol. The first-order valence-corrected chi connectivity index (χ1v) is 8.78. The number of carbonyl (C=O) groups is 2. The highest BCUT2D eigenvalue weighted by Crippen LogP contribution is 2.26. The summed E-state index contributed by atoms with van der Waals surface area (Å²) in [6.07, 6.45) is 2.48. The lowest BCUT2D eigenvalue weighted by Gasteiger charge is -2.07. The average molecular weight is 391 g/mol. The maximum atomic E-state index is 12.7. The molecule has 2 N–H and O–H groups in total. The number of benzene rings is 1. The van der Waals surface area contributed by atoms with Crippen LogP contribution in [0.2, 0.25) is 10.0 Å². The number of hydrogen-bond acceptors (Lipinski definition) is 3. The molecule has 0 radical (unpaired) electrons. The molecule has 3 rings (SSSR count). The highest BCUT2D eigenvalue weighted by Gasteiger charge is 2.21. The monoisotopic (exact) mass is 390 g/mol. The maximum Gasteiger partial charge on any atom is 0.292 e.